The van der Waals surface area contributed by atoms with Gasteiger partial charge in [0.2, 0.25) is 0 Å². The number of piperidine rings is 1. The number of anilines is 1. The largest absolute Gasteiger partial charge is 0.477 e. The van der Waals surface area contributed by atoms with Gasteiger partial charge in [-0.15, -0.1) is 0 Å². The predicted octanol–water partition coefficient (Wildman–Crippen LogP) is 3.42. The van der Waals surface area contributed by atoms with Gasteiger partial charge in [0.1, 0.15) is 5.82 Å². The summed E-state index contributed by atoms with van der Waals surface area (Å²) >= 11 is 0. The van der Waals surface area contributed by atoms with Crippen molar-refractivity contribution in [1.29, 1.82) is 0 Å². The lowest BCUT2D eigenvalue weighted by Gasteiger charge is -2.36. The van der Waals surface area contributed by atoms with Crippen LogP contribution in [0.5, 0.6) is 0 Å². The highest BCUT2D eigenvalue weighted by Crippen LogP contribution is 2.25. The van der Waals surface area contributed by atoms with Gasteiger partial charge in [-0.2, -0.15) is 0 Å². The molecular formula is C19H23N3O2. The summed E-state index contributed by atoms with van der Waals surface area (Å²) in [6, 6.07) is 16.4. The van der Waals surface area contributed by atoms with Crippen LogP contribution in [-0.2, 0) is 0 Å². The molecule has 0 saturated carbocycles. The first-order chi connectivity index (χ1) is 11.6. The number of nitrogens with one attached hydrogen (secondary N) is 1. The van der Waals surface area contributed by atoms with Crippen LogP contribution >= 0.6 is 0 Å². The molecule has 126 valence electrons. The lowest BCUT2D eigenvalue weighted by molar-refractivity contribution is 0.0690. The van der Waals surface area contributed by atoms with Crippen molar-refractivity contribution < 1.29 is 9.90 Å². The number of hydrogen-bond acceptors (Lipinski definition) is 4. The summed E-state index contributed by atoms with van der Waals surface area (Å²) < 4.78 is 0. The van der Waals surface area contributed by atoms with E-state index in [-0.39, 0.29) is 5.69 Å². The number of carbonyl (C=O) groups is 1. The summed E-state index contributed by atoms with van der Waals surface area (Å²) in [6.45, 7) is 4.29. The van der Waals surface area contributed by atoms with Gasteiger partial charge in [0, 0.05) is 25.2 Å². The molecule has 5 heteroatoms. The molecule has 3 rings (SSSR count). The highest BCUT2D eigenvalue weighted by Gasteiger charge is 2.23. The van der Waals surface area contributed by atoms with Gasteiger partial charge in [-0.3, -0.25) is 4.90 Å². The SMILES string of the molecule is CC(c1ccccc1)N1CCC(Nc2cccc(C(=O)O)n2)CC1. The van der Waals surface area contributed by atoms with E-state index < -0.39 is 5.97 Å². The molecule has 1 aromatic carbocycles. The Kier molecular flexibility index (Phi) is 5.11. The van der Waals surface area contributed by atoms with Crippen molar-refractivity contribution in [3.63, 3.8) is 0 Å². The van der Waals surface area contributed by atoms with Gasteiger partial charge in [0.05, 0.1) is 0 Å². The molecule has 1 aliphatic heterocycles. The summed E-state index contributed by atoms with van der Waals surface area (Å²) in [4.78, 5) is 17.6. The first-order valence-electron chi connectivity index (χ1n) is 8.39. The van der Waals surface area contributed by atoms with Crippen molar-refractivity contribution >= 4 is 11.8 Å². The van der Waals surface area contributed by atoms with Crippen molar-refractivity contribution in [2.24, 2.45) is 0 Å². The number of rotatable bonds is 5. The Bertz CT molecular complexity index is 682. The van der Waals surface area contributed by atoms with Gasteiger partial charge in [-0.1, -0.05) is 36.4 Å². The quantitative estimate of drug-likeness (QED) is 0.882. The Morgan fingerprint density at radius 1 is 1.17 bits per heavy atom. The van der Waals surface area contributed by atoms with Gasteiger partial charge in [0.25, 0.3) is 0 Å². The van der Waals surface area contributed by atoms with Crippen molar-refractivity contribution in [3.8, 4) is 0 Å². The van der Waals surface area contributed by atoms with Crippen molar-refractivity contribution in [1.82, 2.24) is 9.88 Å². The maximum absolute atomic E-state index is 11.0. The molecule has 0 radical (unpaired) electrons. The average Bonchev–Trinajstić information content (AvgIpc) is 2.63. The van der Waals surface area contributed by atoms with E-state index in [0.717, 1.165) is 25.9 Å². The second-order valence-corrected chi connectivity index (χ2v) is 6.25. The smallest absolute Gasteiger partial charge is 0.354 e. The first-order valence-corrected chi connectivity index (χ1v) is 8.39. The molecule has 1 unspecified atom stereocenters. The van der Waals surface area contributed by atoms with Gasteiger partial charge in [-0.05, 0) is 37.5 Å². The molecule has 5 nitrogen and oxygen atoms in total. The van der Waals surface area contributed by atoms with E-state index in [0.29, 0.717) is 17.9 Å². The van der Waals surface area contributed by atoms with Crippen LogP contribution in [0, 0.1) is 0 Å². The number of nitrogens with zero attached hydrogens (tertiary/aromatic N) is 2. The highest BCUT2D eigenvalue weighted by atomic mass is 16.4. The van der Waals surface area contributed by atoms with E-state index in [1.807, 2.05) is 12.1 Å². The first kappa shape index (κ1) is 16.5. The number of hydrogen-bond donors (Lipinski definition) is 2. The Balaban J connectivity index is 1.55. The molecule has 1 fully saturated rings. The summed E-state index contributed by atoms with van der Waals surface area (Å²) in [6.07, 6.45) is 2.05. The topological polar surface area (TPSA) is 65.5 Å². The van der Waals surface area contributed by atoms with E-state index in [1.54, 1.807) is 6.07 Å². The number of aromatic carboxylic acids is 1. The fourth-order valence-corrected chi connectivity index (χ4v) is 3.22. The molecule has 1 aromatic heterocycles. The maximum atomic E-state index is 11.0. The zero-order chi connectivity index (χ0) is 16.9. The Hall–Kier alpha value is -2.40. The summed E-state index contributed by atoms with van der Waals surface area (Å²) in [5, 5.41) is 12.4. The molecule has 24 heavy (non-hydrogen) atoms. The van der Waals surface area contributed by atoms with Crippen LogP contribution in [0.4, 0.5) is 5.82 Å². The van der Waals surface area contributed by atoms with Crippen LogP contribution in [0.3, 0.4) is 0 Å². The maximum Gasteiger partial charge on any atom is 0.354 e. The van der Waals surface area contributed by atoms with Gasteiger partial charge < -0.3 is 10.4 Å². The van der Waals surface area contributed by atoms with E-state index in [1.165, 1.54) is 11.6 Å². The molecule has 0 spiro atoms. The monoisotopic (exact) mass is 325 g/mol. The minimum atomic E-state index is -0.995. The molecular weight excluding hydrogens is 302 g/mol. The number of pyridine rings is 1. The van der Waals surface area contributed by atoms with Crippen molar-refractivity contribution in [2.75, 3.05) is 18.4 Å². The fraction of sp³-hybridized carbons (Fsp3) is 0.368. The van der Waals surface area contributed by atoms with Crippen LogP contribution in [0.15, 0.2) is 48.5 Å². The minimum Gasteiger partial charge on any atom is -0.477 e. The second kappa shape index (κ2) is 7.45. The van der Waals surface area contributed by atoms with Crippen molar-refractivity contribution in [3.05, 3.63) is 59.8 Å². The van der Waals surface area contributed by atoms with Crippen LogP contribution in [0.1, 0.15) is 41.9 Å². The average molecular weight is 325 g/mol. The molecule has 0 amide bonds. The summed E-state index contributed by atoms with van der Waals surface area (Å²) in [5.74, 6) is -0.352. The van der Waals surface area contributed by atoms with Crippen LogP contribution in [0.2, 0.25) is 0 Å². The third kappa shape index (κ3) is 3.92. The number of carboxylic acid groups (broad SMARTS) is 1. The lowest BCUT2D eigenvalue weighted by Crippen LogP contribution is -2.40. The van der Waals surface area contributed by atoms with E-state index in [4.69, 9.17) is 5.11 Å². The molecule has 0 aliphatic carbocycles. The standard InChI is InChI=1S/C19H23N3O2/c1-14(15-6-3-2-4-7-15)22-12-10-16(11-13-22)20-18-9-5-8-17(21-18)19(23)24/h2-9,14,16H,10-13H2,1H3,(H,20,21)(H,23,24). The zero-order valence-electron chi connectivity index (χ0n) is 13.9. The lowest BCUT2D eigenvalue weighted by atomic mass is 10.00. The van der Waals surface area contributed by atoms with E-state index in [9.17, 15) is 4.79 Å². The molecule has 2 N–H and O–H groups in total. The Morgan fingerprint density at radius 2 is 1.88 bits per heavy atom. The molecule has 2 heterocycles. The molecule has 1 aliphatic rings. The highest BCUT2D eigenvalue weighted by molar-refractivity contribution is 5.85. The third-order valence-corrected chi connectivity index (χ3v) is 4.68. The van der Waals surface area contributed by atoms with Crippen molar-refractivity contribution in [2.45, 2.75) is 31.8 Å². The predicted molar refractivity (Wildman–Crippen MR) is 94.3 cm³/mol. The number of aromatic nitrogens is 1. The number of benzene rings is 1. The van der Waals surface area contributed by atoms with E-state index >= 15 is 0 Å². The fourth-order valence-electron chi connectivity index (χ4n) is 3.22. The minimum absolute atomic E-state index is 0.0788. The summed E-state index contributed by atoms with van der Waals surface area (Å²) in [7, 11) is 0. The van der Waals surface area contributed by atoms with Gasteiger partial charge >= 0.3 is 5.97 Å². The molecule has 0 bridgehead atoms. The van der Waals surface area contributed by atoms with Crippen LogP contribution < -0.4 is 5.32 Å². The zero-order valence-corrected chi connectivity index (χ0v) is 13.9. The van der Waals surface area contributed by atoms with Gasteiger partial charge in [0.15, 0.2) is 5.69 Å². The van der Waals surface area contributed by atoms with Gasteiger partial charge in [-0.25, -0.2) is 9.78 Å². The molecule has 1 saturated heterocycles. The molecule has 1 atom stereocenters. The Labute approximate surface area is 142 Å². The third-order valence-electron chi connectivity index (χ3n) is 4.68. The molecule has 2 aromatic rings. The normalized spacial score (nSPS) is 17.4. The van der Waals surface area contributed by atoms with Crippen LogP contribution in [-0.4, -0.2) is 40.1 Å². The van der Waals surface area contributed by atoms with Crippen LogP contribution in [0.25, 0.3) is 0 Å². The Morgan fingerprint density at radius 3 is 2.54 bits per heavy atom. The second-order valence-electron chi connectivity index (χ2n) is 6.25. The number of likely N-dealkylation sites (tertiary alicyclic amines) is 1. The number of carboxylic acids is 1. The van der Waals surface area contributed by atoms with E-state index in [2.05, 4.69) is 46.4 Å². The summed E-state index contributed by atoms with van der Waals surface area (Å²) in [5.41, 5.74) is 1.43.